The second-order valence-corrected chi connectivity index (χ2v) is 8.64. The van der Waals surface area contributed by atoms with Crippen LogP contribution < -0.4 is 20.7 Å². The number of nitrogens with two attached hydrogens (primary N) is 1. The number of carbonyl (C=O) groups is 1. The number of rotatable bonds is 4. The van der Waals surface area contributed by atoms with Crippen LogP contribution in [0.3, 0.4) is 0 Å². The van der Waals surface area contributed by atoms with E-state index in [1.54, 1.807) is 7.11 Å². The van der Waals surface area contributed by atoms with Crippen molar-refractivity contribution >= 4 is 36.4 Å². The number of amides is 1. The van der Waals surface area contributed by atoms with Gasteiger partial charge in [-0.1, -0.05) is 18.6 Å². The summed E-state index contributed by atoms with van der Waals surface area (Å²) in [4.78, 5) is 15.2. The number of anilines is 1. The van der Waals surface area contributed by atoms with Crippen LogP contribution in [0.2, 0.25) is 0 Å². The third kappa shape index (κ3) is 5.31. The lowest BCUT2D eigenvalue weighted by Gasteiger charge is -2.44. The molecule has 0 spiro atoms. The van der Waals surface area contributed by atoms with Crippen LogP contribution in [-0.2, 0) is 4.79 Å². The lowest BCUT2D eigenvalue weighted by Crippen LogP contribution is -2.51. The van der Waals surface area contributed by atoms with Gasteiger partial charge in [0.1, 0.15) is 5.75 Å². The zero-order chi connectivity index (χ0) is 18.8. The molecule has 1 aromatic rings. The predicted octanol–water partition coefficient (Wildman–Crippen LogP) is 3.78. The molecule has 5 nitrogen and oxygen atoms in total. The molecule has 1 heterocycles. The molecule has 1 aromatic carbocycles. The molecular formula is C22H35Cl2N3O2. The van der Waals surface area contributed by atoms with Gasteiger partial charge in [0.2, 0.25) is 5.91 Å². The van der Waals surface area contributed by atoms with Crippen LogP contribution in [0.25, 0.3) is 0 Å². The van der Waals surface area contributed by atoms with E-state index in [9.17, 15) is 4.79 Å². The number of carbonyl (C=O) groups excluding carboxylic acids is 1. The summed E-state index contributed by atoms with van der Waals surface area (Å²) in [6.07, 6.45) is 7.66. The number of hydrogen-bond donors (Lipinski definition) is 2. The number of fused-ring (bicyclic) bond motifs is 2. The SMILES string of the molecule is COc1ccccc1N1CCC(NC(=O)C2CC3CCCC(C2)C3N)CC1.Cl.Cl. The number of halogens is 2. The zero-order valence-corrected chi connectivity index (χ0v) is 18.9. The molecule has 4 rings (SSSR count). The van der Waals surface area contributed by atoms with Gasteiger partial charge in [-0.2, -0.15) is 0 Å². The Hall–Kier alpha value is -1.17. The lowest BCUT2D eigenvalue weighted by molar-refractivity contribution is -0.128. The van der Waals surface area contributed by atoms with E-state index in [1.807, 2.05) is 12.1 Å². The summed E-state index contributed by atoms with van der Waals surface area (Å²) < 4.78 is 5.49. The third-order valence-electron chi connectivity index (χ3n) is 7.05. The average molecular weight is 444 g/mol. The van der Waals surface area contributed by atoms with Crippen molar-refractivity contribution in [2.24, 2.45) is 23.5 Å². The molecule has 3 fully saturated rings. The van der Waals surface area contributed by atoms with E-state index in [0.29, 0.717) is 23.9 Å². The van der Waals surface area contributed by atoms with Crippen LogP contribution in [0, 0.1) is 17.8 Å². The first-order chi connectivity index (χ1) is 13.2. The fourth-order valence-electron chi connectivity index (χ4n) is 5.48. The van der Waals surface area contributed by atoms with E-state index in [-0.39, 0.29) is 36.6 Å². The Morgan fingerprint density at radius 3 is 2.31 bits per heavy atom. The van der Waals surface area contributed by atoms with Crippen LogP contribution in [0.5, 0.6) is 5.75 Å². The molecule has 1 saturated heterocycles. The molecule has 164 valence electrons. The van der Waals surface area contributed by atoms with Gasteiger partial charge in [-0.05, 0) is 62.5 Å². The summed E-state index contributed by atoms with van der Waals surface area (Å²) in [7, 11) is 1.72. The van der Waals surface area contributed by atoms with Crippen LogP contribution in [-0.4, -0.2) is 38.2 Å². The number of nitrogens with zero attached hydrogens (tertiary/aromatic N) is 1. The third-order valence-corrected chi connectivity index (χ3v) is 7.05. The number of hydrogen-bond acceptors (Lipinski definition) is 4. The minimum atomic E-state index is 0. The fraction of sp³-hybridized carbons (Fsp3) is 0.682. The molecule has 2 saturated carbocycles. The van der Waals surface area contributed by atoms with Crippen molar-refractivity contribution in [1.82, 2.24) is 5.32 Å². The number of benzene rings is 1. The first-order valence-electron chi connectivity index (χ1n) is 10.6. The Bertz CT molecular complexity index is 653. The Labute approximate surface area is 186 Å². The lowest BCUT2D eigenvalue weighted by atomic mass is 9.65. The summed E-state index contributed by atoms with van der Waals surface area (Å²) in [5.41, 5.74) is 7.53. The minimum Gasteiger partial charge on any atom is -0.495 e. The van der Waals surface area contributed by atoms with Gasteiger partial charge in [0, 0.05) is 31.1 Å². The molecule has 3 N–H and O–H groups in total. The zero-order valence-electron chi connectivity index (χ0n) is 17.2. The molecule has 1 aliphatic heterocycles. The van der Waals surface area contributed by atoms with E-state index in [0.717, 1.165) is 50.2 Å². The second-order valence-electron chi connectivity index (χ2n) is 8.64. The molecule has 2 bridgehead atoms. The van der Waals surface area contributed by atoms with Gasteiger partial charge in [0.25, 0.3) is 0 Å². The summed E-state index contributed by atoms with van der Waals surface area (Å²) in [6.45, 7) is 1.90. The topological polar surface area (TPSA) is 67.6 Å². The van der Waals surface area contributed by atoms with E-state index in [2.05, 4.69) is 22.3 Å². The number of piperidine rings is 1. The maximum Gasteiger partial charge on any atom is 0.223 e. The number of methoxy groups -OCH3 is 1. The highest BCUT2D eigenvalue weighted by atomic mass is 35.5. The maximum atomic E-state index is 12.9. The van der Waals surface area contributed by atoms with Crippen LogP contribution in [0.4, 0.5) is 5.69 Å². The highest BCUT2D eigenvalue weighted by Gasteiger charge is 2.40. The predicted molar refractivity (Wildman–Crippen MR) is 122 cm³/mol. The summed E-state index contributed by atoms with van der Waals surface area (Å²) in [5.74, 6) is 2.48. The van der Waals surface area contributed by atoms with Crippen LogP contribution in [0.15, 0.2) is 24.3 Å². The van der Waals surface area contributed by atoms with Crippen molar-refractivity contribution < 1.29 is 9.53 Å². The Morgan fingerprint density at radius 2 is 1.69 bits per heavy atom. The maximum absolute atomic E-state index is 12.9. The van der Waals surface area contributed by atoms with Crippen LogP contribution >= 0.6 is 24.8 Å². The van der Waals surface area contributed by atoms with Crippen molar-refractivity contribution in [2.45, 2.75) is 57.0 Å². The second kappa shape index (κ2) is 10.7. The fourth-order valence-corrected chi connectivity index (χ4v) is 5.48. The van der Waals surface area contributed by atoms with E-state index in [1.165, 1.54) is 19.3 Å². The highest BCUT2D eigenvalue weighted by Crippen LogP contribution is 2.42. The van der Waals surface area contributed by atoms with Crippen molar-refractivity contribution in [2.75, 3.05) is 25.1 Å². The first kappa shape index (κ1) is 24.1. The number of ether oxygens (including phenoxy) is 1. The summed E-state index contributed by atoms with van der Waals surface area (Å²) in [6, 6.07) is 8.79. The van der Waals surface area contributed by atoms with Crippen molar-refractivity contribution in [3.05, 3.63) is 24.3 Å². The minimum absolute atomic E-state index is 0. The molecule has 2 unspecified atom stereocenters. The summed E-state index contributed by atoms with van der Waals surface area (Å²) >= 11 is 0. The highest BCUT2D eigenvalue weighted by molar-refractivity contribution is 5.85. The quantitative estimate of drug-likeness (QED) is 0.742. The molecule has 29 heavy (non-hydrogen) atoms. The number of nitrogens with one attached hydrogen (secondary N) is 1. The molecular weight excluding hydrogens is 409 g/mol. The molecule has 3 aliphatic rings. The van der Waals surface area contributed by atoms with Gasteiger partial charge in [0.05, 0.1) is 12.8 Å². The smallest absolute Gasteiger partial charge is 0.223 e. The van der Waals surface area contributed by atoms with Gasteiger partial charge in [-0.3, -0.25) is 4.79 Å². The standard InChI is InChI=1S/C22H33N3O2.2ClH/c1-27-20-8-3-2-7-19(20)25-11-9-18(10-12-25)24-22(26)17-13-15-5-4-6-16(14-17)21(15)23;;/h2-3,7-8,15-18,21H,4-6,9-14,23H2,1H3,(H,24,26);2*1H. The van der Waals surface area contributed by atoms with E-state index >= 15 is 0 Å². The monoisotopic (exact) mass is 443 g/mol. The molecule has 1 amide bonds. The van der Waals surface area contributed by atoms with E-state index < -0.39 is 0 Å². The molecule has 0 radical (unpaired) electrons. The van der Waals surface area contributed by atoms with Gasteiger partial charge in [-0.25, -0.2) is 0 Å². The normalized spacial score (nSPS) is 29.2. The van der Waals surface area contributed by atoms with Crippen molar-refractivity contribution in [3.63, 3.8) is 0 Å². The van der Waals surface area contributed by atoms with Gasteiger partial charge in [0.15, 0.2) is 0 Å². The van der Waals surface area contributed by atoms with Crippen molar-refractivity contribution in [1.29, 1.82) is 0 Å². The Morgan fingerprint density at radius 1 is 1.07 bits per heavy atom. The molecule has 2 atom stereocenters. The van der Waals surface area contributed by atoms with Crippen LogP contribution in [0.1, 0.15) is 44.9 Å². The number of para-hydroxylation sites is 2. The molecule has 7 heteroatoms. The Kier molecular flexibility index (Phi) is 8.92. The average Bonchev–Trinajstić information content (AvgIpc) is 2.68. The largest absolute Gasteiger partial charge is 0.495 e. The molecule has 2 aliphatic carbocycles. The summed E-state index contributed by atoms with van der Waals surface area (Å²) in [5, 5.41) is 3.36. The Balaban J connectivity index is 0.00000150. The van der Waals surface area contributed by atoms with Gasteiger partial charge >= 0.3 is 0 Å². The van der Waals surface area contributed by atoms with Crippen molar-refractivity contribution in [3.8, 4) is 5.75 Å². The first-order valence-corrected chi connectivity index (χ1v) is 10.6. The van der Waals surface area contributed by atoms with E-state index in [4.69, 9.17) is 10.5 Å². The van der Waals surface area contributed by atoms with Gasteiger partial charge in [-0.15, -0.1) is 24.8 Å². The van der Waals surface area contributed by atoms with Gasteiger partial charge < -0.3 is 20.7 Å². The molecule has 0 aromatic heterocycles.